The Morgan fingerprint density at radius 3 is 2.83 bits per heavy atom. The second-order valence-corrected chi connectivity index (χ2v) is 3.80. The number of benzene rings is 1. The topological polar surface area (TPSA) is 99.3 Å². The number of carboxylic acid groups (broad SMARTS) is 1. The molecule has 2 heterocycles. The summed E-state index contributed by atoms with van der Waals surface area (Å²) in [5, 5.41) is 22.5. The molecule has 0 fully saturated rings. The number of H-pyrrole nitrogens is 1. The number of carbonyl (C=O) groups is 1. The molecule has 0 bridgehead atoms. The molecule has 0 aliphatic carbocycles. The van der Waals surface area contributed by atoms with E-state index >= 15 is 0 Å². The number of carboxylic acids is 1. The summed E-state index contributed by atoms with van der Waals surface area (Å²) < 4.78 is 4.94. The van der Waals surface area contributed by atoms with Gasteiger partial charge in [0.1, 0.15) is 5.75 Å². The smallest absolute Gasteiger partial charge is 0.358 e. The number of hydrogen-bond acceptors (Lipinski definition) is 4. The molecule has 18 heavy (non-hydrogen) atoms. The van der Waals surface area contributed by atoms with E-state index in [4.69, 9.17) is 9.63 Å². The summed E-state index contributed by atoms with van der Waals surface area (Å²) in [6.45, 7) is 0. The first kappa shape index (κ1) is 10.4. The van der Waals surface area contributed by atoms with E-state index in [1.165, 1.54) is 6.07 Å². The molecule has 0 aliphatic heterocycles. The molecule has 0 saturated carbocycles. The molecule has 0 aliphatic rings. The van der Waals surface area contributed by atoms with E-state index in [1.807, 2.05) is 0 Å². The fourth-order valence-corrected chi connectivity index (χ4v) is 1.77. The maximum absolute atomic E-state index is 10.7. The lowest BCUT2D eigenvalue weighted by Gasteiger charge is -1.91. The van der Waals surface area contributed by atoms with Gasteiger partial charge in [-0.15, -0.1) is 0 Å². The van der Waals surface area contributed by atoms with E-state index < -0.39 is 5.97 Å². The zero-order chi connectivity index (χ0) is 12.7. The number of hydrogen-bond donors (Lipinski definition) is 3. The van der Waals surface area contributed by atoms with E-state index in [2.05, 4.69) is 10.1 Å². The number of aromatic nitrogens is 2. The highest BCUT2D eigenvalue weighted by atomic mass is 16.5. The summed E-state index contributed by atoms with van der Waals surface area (Å²) in [7, 11) is 0. The van der Waals surface area contributed by atoms with Crippen molar-refractivity contribution >= 4 is 16.9 Å². The third kappa shape index (κ3) is 1.51. The molecular formula is C12H8N2O4. The van der Waals surface area contributed by atoms with Gasteiger partial charge >= 0.3 is 5.97 Å². The fourth-order valence-electron chi connectivity index (χ4n) is 1.77. The first-order chi connectivity index (χ1) is 8.65. The van der Waals surface area contributed by atoms with E-state index in [-0.39, 0.29) is 11.4 Å². The third-order valence-electron chi connectivity index (χ3n) is 2.64. The molecule has 90 valence electrons. The number of fused-ring (bicyclic) bond motifs is 1. The molecule has 0 unspecified atom stereocenters. The molecule has 6 nitrogen and oxygen atoms in total. The summed E-state index contributed by atoms with van der Waals surface area (Å²) in [4.78, 5) is 13.7. The van der Waals surface area contributed by atoms with Crippen LogP contribution in [0.2, 0.25) is 0 Å². The van der Waals surface area contributed by atoms with Crippen molar-refractivity contribution in [3.05, 3.63) is 36.0 Å². The Labute approximate surface area is 100 Å². The number of aromatic carboxylic acids is 1. The minimum absolute atomic E-state index is 0.146. The summed E-state index contributed by atoms with van der Waals surface area (Å²) in [5.74, 6) is -0.695. The second kappa shape index (κ2) is 3.63. The molecule has 0 saturated heterocycles. The van der Waals surface area contributed by atoms with Crippen LogP contribution in [0.4, 0.5) is 0 Å². The van der Waals surface area contributed by atoms with Crippen molar-refractivity contribution in [2.75, 3.05) is 0 Å². The lowest BCUT2D eigenvalue weighted by Crippen LogP contribution is -1.94. The van der Waals surface area contributed by atoms with Crippen LogP contribution in [0.5, 0.6) is 5.75 Å². The molecule has 0 amide bonds. The Morgan fingerprint density at radius 1 is 1.33 bits per heavy atom. The van der Waals surface area contributed by atoms with Gasteiger partial charge in [-0.3, -0.25) is 0 Å². The van der Waals surface area contributed by atoms with Crippen LogP contribution in [0.1, 0.15) is 10.5 Å². The van der Waals surface area contributed by atoms with E-state index in [0.29, 0.717) is 16.8 Å². The van der Waals surface area contributed by atoms with Crippen LogP contribution in [-0.2, 0) is 0 Å². The van der Waals surface area contributed by atoms with Crippen molar-refractivity contribution in [3.8, 4) is 17.2 Å². The molecule has 1 aromatic carbocycles. The van der Waals surface area contributed by atoms with Gasteiger partial charge in [0.2, 0.25) is 0 Å². The fraction of sp³-hybridized carbons (Fsp3) is 0. The summed E-state index contributed by atoms with van der Waals surface area (Å²) in [5.41, 5.74) is 1.14. The zero-order valence-electron chi connectivity index (χ0n) is 9.04. The van der Waals surface area contributed by atoms with Crippen molar-refractivity contribution in [1.82, 2.24) is 10.1 Å². The minimum atomic E-state index is -1.15. The second-order valence-electron chi connectivity index (χ2n) is 3.80. The zero-order valence-corrected chi connectivity index (χ0v) is 9.04. The first-order valence-corrected chi connectivity index (χ1v) is 5.16. The van der Waals surface area contributed by atoms with Crippen molar-refractivity contribution in [2.24, 2.45) is 0 Å². The van der Waals surface area contributed by atoms with Gasteiger partial charge in [0.05, 0.1) is 5.69 Å². The largest absolute Gasteiger partial charge is 0.507 e. The highest BCUT2D eigenvalue weighted by Gasteiger charge is 2.14. The van der Waals surface area contributed by atoms with Crippen LogP contribution in [0.15, 0.2) is 34.9 Å². The van der Waals surface area contributed by atoms with E-state index in [1.54, 1.807) is 24.3 Å². The molecule has 3 N–H and O–H groups in total. The Bertz CT molecular complexity index is 741. The molecule has 0 atom stereocenters. The van der Waals surface area contributed by atoms with Crippen molar-refractivity contribution in [3.63, 3.8) is 0 Å². The average Bonchev–Trinajstić information content (AvgIpc) is 2.95. The molecule has 2 aromatic heterocycles. The first-order valence-electron chi connectivity index (χ1n) is 5.16. The molecule has 0 spiro atoms. The van der Waals surface area contributed by atoms with Crippen LogP contribution in [-0.4, -0.2) is 26.3 Å². The number of nitrogens with one attached hydrogen (secondary N) is 1. The molecule has 6 heteroatoms. The van der Waals surface area contributed by atoms with Crippen LogP contribution in [0.25, 0.3) is 22.4 Å². The number of rotatable bonds is 2. The summed E-state index contributed by atoms with van der Waals surface area (Å²) in [6, 6.07) is 8.08. The van der Waals surface area contributed by atoms with E-state index in [0.717, 1.165) is 5.52 Å². The Morgan fingerprint density at radius 2 is 2.17 bits per heavy atom. The Hall–Kier alpha value is -2.76. The van der Waals surface area contributed by atoms with Crippen molar-refractivity contribution in [1.29, 1.82) is 0 Å². The van der Waals surface area contributed by atoms with Gasteiger partial charge in [0.25, 0.3) is 0 Å². The summed E-state index contributed by atoms with van der Waals surface area (Å²) >= 11 is 0. The average molecular weight is 244 g/mol. The van der Waals surface area contributed by atoms with Gasteiger partial charge in [-0.1, -0.05) is 11.2 Å². The van der Waals surface area contributed by atoms with Crippen LogP contribution in [0, 0.1) is 0 Å². The maximum atomic E-state index is 10.7. The number of phenols is 1. The molecule has 3 rings (SSSR count). The quantitative estimate of drug-likeness (QED) is 0.641. The summed E-state index contributed by atoms with van der Waals surface area (Å²) in [6.07, 6.45) is 0. The lowest BCUT2D eigenvalue weighted by atomic mass is 10.2. The van der Waals surface area contributed by atoms with Gasteiger partial charge in [-0.05, 0) is 18.2 Å². The number of aromatic amines is 1. The van der Waals surface area contributed by atoms with Crippen molar-refractivity contribution < 1.29 is 19.5 Å². The molecule has 0 radical (unpaired) electrons. The maximum Gasteiger partial charge on any atom is 0.358 e. The monoisotopic (exact) mass is 244 g/mol. The third-order valence-corrected chi connectivity index (χ3v) is 2.64. The van der Waals surface area contributed by atoms with Crippen LogP contribution in [0.3, 0.4) is 0 Å². The van der Waals surface area contributed by atoms with Gasteiger partial charge in [-0.2, -0.15) is 0 Å². The number of nitrogens with zero attached hydrogens (tertiary/aromatic N) is 1. The van der Waals surface area contributed by atoms with Gasteiger partial charge in [0.15, 0.2) is 11.5 Å². The highest BCUT2D eigenvalue weighted by Crippen LogP contribution is 2.29. The van der Waals surface area contributed by atoms with Gasteiger partial charge in [0, 0.05) is 17.0 Å². The molecular weight excluding hydrogens is 236 g/mol. The van der Waals surface area contributed by atoms with E-state index in [9.17, 15) is 9.90 Å². The Kier molecular flexibility index (Phi) is 2.09. The standard InChI is InChI=1S/C12H8N2O4/c15-10-3-1-2-7-6(10)4-8(13-7)11-5-9(12(16)17)14-18-11/h1-5,13,15H,(H,16,17). The Balaban J connectivity index is 2.13. The van der Waals surface area contributed by atoms with Crippen LogP contribution < -0.4 is 0 Å². The number of phenolic OH excluding ortho intramolecular Hbond substituents is 1. The van der Waals surface area contributed by atoms with Crippen molar-refractivity contribution in [2.45, 2.75) is 0 Å². The van der Waals surface area contributed by atoms with Gasteiger partial charge < -0.3 is 19.7 Å². The lowest BCUT2D eigenvalue weighted by molar-refractivity contribution is 0.0686. The predicted molar refractivity (Wildman–Crippen MR) is 62.4 cm³/mol. The normalized spacial score (nSPS) is 10.9. The molecule has 3 aromatic rings. The predicted octanol–water partition coefficient (Wildman–Crippen LogP) is 2.23. The number of aromatic hydroxyl groups is 1. The highest BCUT2D eigenvalue weighted by molar-refractivity contribution is 5.91. The van der Waals surface area contributed by atoms with Gasteiger partial charge in [-0.25, -0.2) is 4.79 Å². The minimum Gasteiger partial charge on any atom is -0.507 e. The SMILES string of the molecule is O=C(O)c1cc(-c2cc3c(O)cccc3[nH]2)on1. The van der Waals surface area contributed by atoms with Crippen LogP contribution >= 0.6 is 0 Å².